The molecule has 8 nitrogen and oxygen atoms in total. The minimum absolute atomic E-state index is 0.0765. The molecular formula is C25H31N3O5. The Labute approximate surface area is 194 Å². The average molecular weight is 454 g/mol. The molecule has 0 radical (unpaired) electrons. The molecule has 2 aromatic rings. The van der Waals surface area contributed by atoms with E-state index in [0.29, 0.717) is 24.3 Å². The first-order chi connectivity index (χ1) is 15.8. The highest BCUT2D eigenvalue weighted by molar-refractivity contribution is 5.86. The molecule has 2 N–H and O–H groups in total. The van der Waals surface area contributed by atoms with Crippen LogP contribution in [0.25, 0.3) is 0 Å². The van der Waals surface area contributed by atoms with E-state index in [1.807, 2.05) is 37.3 Å². The van der Waals surface area contributed by atoms with Gasteiger partial charge in [-0.15, -0.1) is 0 Å². The second-order valence-electron chi connectivity index (χ2n) is 8.50. The van der Waals surface area contributed by atoms with Gasteiger partial charge in [-0.3, -0.25) is 19.4 Å². The van der Waals surface area contributed by atoms with Crippen LogP contribution in [-0.4, -0.2) is 53.0 Å². The van der Waals surface area contributed by atoms with E-state index in [1.165, 1.54) is 5.01 Å². The molecule has 3 rings (SSSR count). The Bertz CT molecular complexity index is 964. The molecular weight excluding hydrogens is 422 g/mol. The highest BCUT2D eigenvalue weighted by Gasteiger charge is 2.39. The summed E-state index contributed by atoms with van der Waals surface area (Å²) in [6.07, 6.45) is 0.322. The molecule has 176 valence electrons. The van der Waals surface area contributed by atoms with Crippen molar-refractivity contribution in [2.75, 3.05) is 14.2 Å². The maximum absolute atomic E-state index is 13.4. The quantitative estimate of drug-likeness (QED) is 0.606. The lowest BCUT2D eigenvalue weighted by atomic mass is 9.91. The molecule has 1 aliphatic rings. The Morgan fingerprint density at radius 3 is 2.45 bits per heavy atom. The third kappa shape index (κ3) is 6.32. The first-order valence-corrected chi connectivity index (χ1v) is 11.0. The molecule has 8 heteroatoms. The number of rotatable bonds is 9. The molecule has 1 heterocycles. The second kappa shape index (κ2) is 11.0. The number of carbonyl (C=O) groups is 3. The predicted octanol–water partition coefficient (Wildman–Crippen LogP) is 3.00. The summed E-state index contributed by atoms with van der Waals surface area (Å²) in [6.45, 7) is 2.39. The highest BCUT2D eigenvalue weighted by Crippen LogP contribution is 2.31. The molecule has 0 aromatic heterocycles. The van der Waals surface area contributed by atoms with Crippen molar-refractivity contribution in [3.63, 3.8) is 0 Å². The summed E-state index contributed by atoms with van der Waals surface area (Å²) in [6, 6.07) is 15.9. The number of benzene rings is 2. The summed E-state index contributed by atoms with van der Waals surface area (Å²) in [7, 11) is 3.28. The third-order valence-corrected chi connectivity index (χ3v) is 5.87. The fraction of sp³-hybridized carbons (Fsp3) is 0.400. The van der Waals surface area contributed by atoms with E-state index in [9.17, 15) is 19.5 Å². The summed E-state index contributed by atoms with van der Waals surface area (Å²) >= 11 is 0. The van der Waals surface area contributed by atoms with E-state index in [2.05, 4.69) is 5.43 Å². The van der Waals surface area contributed by atoms with Crippen molar-refractivity contribution in [1.82, 2.24) is 15.3 Å². The van der Waals surface area contributed by atoms with Crippen molar-refractivity contribution in [2.24, 2.45) is 5.92 Å². The van der Waals surface area contributed by atoms with Gasteiger partial charge < -0.3 is 14.7 Å². The number of nitrogens with one attached hydrogen (secondary N) is 1. The summed E-state index contributed by atoms with van der Waals surface area (Å²) in [5, 5.41) is 10.9. The van der Waals surface area contributed by atoms with Crippen LogP contribution < -0.4 is 10.2 Å². The molecule has 2 amide bonds. The van der Waals surface area contributed by atoms with Gasteiger partial charge in [0.1, 0.15) is 5.75 Å². The van der Waals surface area contributed by atoms with Crippen LogP contribution in [0.15, 0.2) is 54.6 Å². The van der Waals surface area contributed by atoms with Crippen molar-refractivity contribution < 1.29 is 24.2 Å². The van der Waals surface area contributed by atoms with Gasteiger partial charge in [-0.25, -0.2) is 5.43 Å². The van der Waals surface area contributed by atoms with Crippen LogP contribution in [0.3, 0.4) is 0 Å². The van der Waals surface area contributed by atoms with E-state index in [0.717, 1.165) is 5.56 Å². The smallest absolute Gasteiger partial charge is 0.305 e. The molecule has 0 aliphatic carbocycles. The van der Waals surface area contributed by atoms with Crippen molar-refractivity contribution in [3.05, 3.63) is 65.7 Å². The first kappa shape index (κ1) is 24.3. The van der Waals surface area contributed by atoms with Crippen molar-refractivity contribution in [2.45, 2.75) is 44.8 Å². The Kier molecular flexibility index (Phi) is 8.06. The van der Waals surface area contributed by atoms with Gasteiger partial charge in [-0.05, 0) is 36.6 Å². The molecule has 33 heavy (non-hydrogen) atoms. The van der Waals surface area contributed by atoms with Gasteiger partial charge >= 0.3 is 5.97 Å². The first-order valence-electron chi connectivity index (χ1n) is 11.0. The third-order valence-electron chi connectivity index (χ3n) is 5.87. The molecule has 3 unspecified atom stereocenters. The van der Waals surface area contributed by atoms with Crippen molar-refractivity contribution in [3.8, 4) is 5.75 Å². The van der Waals surface area contributed by atoms with Crippen LogP contribution in [0.5, 0.6) is 5.75 Å². The van der Waals surface area contributed by atoms with E-state index in [1.54, 1.807) is 43.3 Å². The topological polar surface area (TPSA) is 99.2 Å². The molecule has 0 saturated carbocycles. The zero-order valence-electron chi connectivity index (χ0n) is 19.2. The number of carbonyl (C=O) groups excluding carboxylic acids is 2. The lowest BCUT2D eigenvalue weighted by molar-refractivity contribution is -0.154. The molecule has 0 spiro atoms. The molecule has 1 saturated heterocycles. The van der Waals surface area contributed by atoms with Gasteiger partial charge in [-0.1, -0.05) is 42.5 Å². The van der Waals surface area contributed by atoms with Crippen LogP contribution in [-0.2, 0) is 20.9 Å². The molecule has 3 atom stereocenters. The molecule has 1 aliphatic heterocycles. The summed E-state index contributed by atoms with van der Waals surface area (Å²) < 4.78 is 5.18. The van der Waals surface area contributed by atoms with Gasteiger partial charge in [0.15, 0.2) is 0 Å². The standard InChI is InChI=1S/C25H31N3O5/c1-17-13-20(14-23(29)27(2)16-18-7-5-4-6-8-18)25(32)28(26-17)22(15-24(30)31)19-9-11-21(33-3)12-10-19/h4-12,17,20,22,26H,13-16H2,1-3H3,(H,30,31). The Hall–Kier alpha value is -3.39. The Morgan fingerprint density at radius 1 is 1.18 bits per heavy atom. The predicted molar refractivity (Wildman–Crippen MR) is 123 cm³/mol. The lowest BCUT2D eigenvalue weighted by Gasteiger charge is -2.41. The number of hydrogen-bond acceptors (Lipinski definition) is 5. The van der Waals surface area contributed by atoms with Crippen molar-refractivity contribution >= 4 is 17.8 Å². The number of carboxylic acids is 1. The van der Waals surface area contributed by atoms with E-state index in [4.69, 9.17) is 4.74 Å². The largest absolute Gasteiger partial charge is 0.497 e. The summed E-state index contributed by atoms with van der Waals surface area (Å²) in [5.41, 5.74) is 4.83. The van der Waals surface area contributed by atoms with Gasteiger partial charge in [-0.2, -0.15) is 0 Å². The summed E-state index contributed by atoms with van der Waals surface area (Å²) in [4.78, 5) is 39.5. The monoisotopic (exact) mass is 453 g/mol. The number of carboxylic acid groups (broad SMARTS) is 1. The zero-order chi connectivity index (χ0) is 24.0. The Morgan fingerprint density at radius 2 is 1.85 bits per heavy atom. The van der Waals surface area contributed by atoms with Gasteiger partial charge in [0, 0.05) is 32.0 Å². The van der Waals surface area contributed by atoms with Crippen LogP contribution in [0.1, 0.15) is 43.4 Å². The van der Waals surface area contributed by atoms with Crippen LogP contribution in [0.2, 0.25) is 0 Å². The lowest BCUT2D eigenvalue weighted by Crippen LogP contribution is -2.57. The number of hydrazine groups is 1. The normalized spacial score (nSPS) is 19.1. The number of amides is 2. The number of nitrogens with zero attached hydrogens (tertiary/aromatic N) is 2. The van der Waals surface area contributed by atoms with E-state index in [-0.39, 0.29) is 30.7 Å². The molecule has 0 bridgehead atoms. The van der Waals surface area contributed by atoms with Gasteiger partial charge in [0.25, 0.3) is 0 Å². The number of ether oxygens (including phenoxy) is 1. The van der Waals surface area contributed by atoms with E-state index >= 15 is 0 Å². The minimum atomic E-state index is -1.01. The maximum Gasteiger partial charge on any atom is 0.305 e. The number of aliphatic carboxylic acids is 1. The second-order valence-corrected chi connectivity index (χ2v) is 8.50. The number of methoxy groups -OCH3 is 1. The molecule has 1 fully saturated rings. The Balaban J connectivity index is 1.75. The van der Waals surface area contributed by atoms with Crippen LogP contribution in [0, 0.1) is 5.92 Å². The SMILES string of the molecule is COc1ccc(C(CC(=O)O)N2NC(C)CC(CC(=O)N(C)Cc3ccccc3)C2=O)cc1. The maximum atomic E-state index is 13.4. The number of hydrogen-bond donors (Lipinski definition) is 2. The molecule has 2 aromatic carbocycles. The minimum Gasteiger partial charge on any atom is -0.497 e. The zero-order valence-corrected chi connectivity index (χ0v) is 19.2. The van der Waals surface area contributed by atoms with Crippen LogP contribution in [0.4, 0.5) is 0 Å². The van der Waals surface area contributed by atoms with E-state index < -0.39 is 17.9 Å². The van der Waals surface area contributed by atoms with Crippen molar-refractivity contribution in [1.29, 1.82) is 0 Å². The highest BCUT2D eigenvalue weighted by atomic mass is 16.5. The average Bonchev–Trinajstić information content (AvgIpc) is 2.80. The van der Waals surface area contributed by atoms with Crippen LogP contribution >= 0.6 is 0 Å². The fourth-order valence-electron chi connectivity index (χ4n) is 4.15. The van der Waals surface area contributed by atoms with Gasteiger partial charge in [0.05, 0.1) is 19.6 Å². The van der Waals surface area contributed by atoms with Gasteiger partial charge in [0.2, 0.25) is 11.8 Å². The summed E-state index contributed by atoms with van der Waals surface area (Å²) in [5.74, 6) is -1.29. The fourth-order valence-corrected chi connectivity index (χ4v) is 4.15.